The van der Waals surface area contributed by atoms with Gasteiger partial charge < -0.3 is 0 Å². The second kappa shape index (κ2) is 5.73. The van der Waals surface area contributed by atoms with Crippen molar-refractivity contribution in [3.63, 3.8) is 0 Å². The van der Waals surface area contributed by atoms with Crippen molar-refractivity contribution in [2.45, 2.75) is 0 Å². The molecule has 0 saturated heterocycles. The summed E-state index contributed by atoms with van der Waals surface area (Å²) in [5.41, 5.74) is 7.50. The zero-order valence-corrected chi connectivity index (χ0v) is 12.6. The summed E-state index contributed by atoms with van der Waals surface area (Å²) in [6.07, 6.45) is 7.63. The zero-order valence-electron chi connectivity index (χ0n) is 11.8. The molecule has 1 aromatic carbocycles. The first-order valence-corrected chi connectivity index (χ1v) is 8.09. The quantitative estimate of drug-likeness (QED) is 0.703. The topological polar surface area (TPSA) is 38.1 Å². The van der Waals surface area contributed by atoms with E-state index in [1.54, 1.807) is 11.8 Å². The summed E-state index contributed by atoms with van der Waals surface area (Å²) in [5, 5.41) is 1.15. The van der Waals surface area contributed by atoms with Crippen LogP contribution in [0.4, 0.5) is 0 Å². The molecule has 0 amide bonds. The molecule has 0 unspecified atom stereocenters. The highest BCUT2D eigenvalue weighted by Gasteiger charge is 2.06. The van der Waals surface area contributed by atoms with E-state index in [-0.39, 0.29) is 0 Å². The largest absolute Gasteiger partial charge is 0.265 e. The van der Waals surface area contributed by atoms with Crippen LogP contribution in [0.1, 0.15) is 5.56 Å². The SMILES string of the molecule is C1=NC(=Cc2ccc3nccc(-c4ccncc4)c3c2)CS1. The molecule has 3 heterocycles. The van der Waals surface area contributed by atoms with E-state index in [1.807, 2.05) is 36.3 Å². The lowest BCUT2D eigenvalue weighted by Crippen LogP contribution is -1.86. The standard InChI is InChI=1S/C18H13N3S/c1-2-18-17(10-13(1)9-15-11-22-12-21-15)16(5-8-20-18)14-3-6-19-7-4-14/h1-10,12H,11H2. The molecule has 0 saturated carbocycles. The molecule has 0 N–H and O–H groups in total. The Bertz CT molecular complexity index is 885. The fourth-order valence-corrected chi connectivity index (χ4v) is 3.19. The maximum atomic E-state index is 4.47. The number of benzene rings is 1. The van der Waals surface area contributed by atoms with Crippen molar-refractivity contribution in [3.8, 4) is 11.1 Å². The second-order valence-corrected chi connectivity index (χ2v) is 5.89. The molecule has 0 bridgehead atoms. The number of thioether (sulfide) groups is 1. The lowest BCUT2D eigenvalue weighted by molar-refractivity contribution is 1.33. The monoisotopic (exact) mass is 303 g/mol. The lowest BCUT2D eigenvalue weighted by atomic mass is 10.0. The van der Waals surface area contributed by atoms with Gasteiger partial charge in [-0.05, 0) is 53.1 Å². The second-order valence-electron chi connectivity index (χ2n) is 5.05. The van der Waals surface area contributed by atoms with E-state index < -0.39 is 0 Å². The number of fused-ring (bicyclic) bond motifs is 1. The predicted molar refractivity (Wildman–Crippen MR) is 93.9 cm³/mol. The summed E-state index contributed by atoms with van der Waals surface area (Å²) in [7, 11) is 0. The molecule has 0 atom stereocenters. The Balaban J connectivity index is 1.87. The van der Waals surface area contributed by atoms with Crippen LogP contribution in [0.2, 0.25) is 0 Å². The van der Waals surface area contributed by atoms with Crippen molar-refractivity contribution < 1.29 is 0 Å². The number of nitrogens with zero attached hydrogens (tertiary/aromatic N) is 3. The smallest absolute Gasteiger partial charge is 0.0708 e. The van der Waals surface area contributed by atoms with Crippen molar-refractivity contribution >= 4 is 34.3 Å². The minimum Gasteiger partial charge on any atom is -0.265 e. The summed E-state index contributed by atoms with van der Waals surface area (Å²) in [6, 6.07) is 12.5. The van der Waals surface area contributed by atoms with Gasteiger partial charge in [0.15, 0.2) is 0 Å². The van der Waals surface area contributed by atoms with E-state index in [9.17, 15) is 0 Å². The minimum atomic E-state index is 0.947. The Morgan fingerprint density at radius 2 is 1.91 bits per heavy atom. The third-order valence-electron chi connectivity index (χ3n) is 3.61. The maximum Gasteiger partial charge on any atom is 0.0708 e. The predicted octanol–water partition coefficient (Wildman–Crippen LogP) is 4.41. The summed E-state index contributed by atoms with van der Waals surface area (Å²) in [6.45, 7) is 0. The van der Waals surface area contributed by atoms with Crippen LogP contribution >= 0.6 is 11.8 Å². The van der Waals surface area contributed by atoms with Crippen LogP contribution in [-0.4, -0.2) is 21.3 Å². The van der Waals surface area contributed by atoms with Crippen molar-refractivity contribution in [1.29, 1.82) is 0 Å². The third kappa shape index (κ3) is 2.53. The van der Waals surface area contributed by atoms with Crippen molar-refractivity contribution in [2.75, 3.05) is 5.75 Å². The van der Waals surface area contributed by atoms with E-state index in [0.29, 0.717) is 0 Å². The van der Waals surface area contributed by atoms with Gasteiger partial charge in [0, 0.05) is 29.7 Å². The highest BCUT2D eigenvalue weighted by molar-refractivity contribution is 8.12. The zero-order chi connectivity index (χ0) is 14.8. The first-order chi connectivity index (χ1) is 10.9. The molecule has 4 heteroatoms. The Morgan fingerprint density at radius 3 is 2.73 bits per heavy atom. The number of aromatic nitrogens is 2. The minimum absolute atomic E-state index is 0.947. The molecule has 4 rings (SSSR count). The van der Waals surface area contributed by atoms with E-state index in [4.69, 9.17) is 0 Å². The van der Waals surface area contributed by atoms with Crippen LogP contribution in [0.25, 0.3) is 28.1 Å². The van der Waals surface area contributed by atoms with Gasteiger partial charge in [-0.15, -0.1) is 11.8 Å². The summed E-state index contributed by atoms with van der Waals surface area (Å²) < 4.78 is 0. The van der Waals surface area contributed by atoms with Gasteiger partial charge >= 0.3 is 0 Å². The van der Waals surface area contributed by atoms with Crippen LogP contribution in [-0.2, 0) is 0 Å². The first-order valence-electron chi connectivity index (χ1n) is 7.04. The van der Waals surface area contributed by atoms with Crippen LogP contribution < -0.4 is 0 Å². The lowest BCUT2D eigenvalue weighted by Gasteiger charge is -2.07. The average molecular weight is 303 g/mol. The number of hydrogen-bond acceptors (Lipinski definition) is 4. The Kier molecular flexibility index (Phi) is 3.45. The molecule has 1 aliphatic rings. The molecular formula is C18H13N3S. The van der Waals surface area contributed by atoms with Gasteiger partial charge in [-0.3, -0.25) is 15.0 Å². The van der Waals surface area contributed by atoms with Crippen molar-refractivity contribution in [1.82, 2.24) is 9.97 Å². The molecule has 0 aliphatic carbocycles. The highest BCUT2D eigenvalue weighted by Crippen LogP contribution is 2.28. The summed E-state index contributed by atoms with van der Waals surface area (Å²) in [5.74, 6) is 0.947. The van der Waals surface area contributed by atoms with Crippen LogP contribution in [0, 0.1) is 0 Å². The van der Waals surface area contributed by atoms with Crippen molar-refractivity contribution in [3.05, 3.63) is 66.2 Å². The van der Waals surface area contributed by atoms with E-state index in [2.05, 4.69) is 45.3 Å². The van der Waals surface area contributed by atoms with Gasteiger partial charge in [0.2, 0.25) is 0 Å². The van der Waals surface area contributed by atoms with Gasteiger partial charge in [-0.2, -0.15) is 0 Å². The van der Waals surface area contributed by atoms with E-state index in [0.717, 1.165) is 33.5 Å². The Hall–Kier alpha value is -2.46. The molecule has 106 valence electrons. The number of aliphatic imine (C=N–C) groups is 1. The molecule has 0 radical (unpaired) electrons. The fraction of sp³-hybridized carbons (Fsp3) is 0.0556. The normalized spacial score (nSPS) is 15.7. The van der Waals surface area contributed by atoms with Gasteiger partial charge in [-0.1, -0.05) is 6.07 Å². The average Bonchev–Trinajstić information content (AvgIpc) is 3.08. The molecule has 0 spiro atoms. The molecule has 3 aromatic rings. The van der Waals surface area contributed by atoms with E-state index >= 15 is 0 Å². The molecule has 22 heavy (non-hydrogen) atoms. The van der Waals surface area contributed by atoms with Crippen LogP contribution in [0.5, 0.6) is 0 Å². The summed E-state index contributed by atoms with van der Waals surface area (Å²) in [4.78, 5) is 12.9. The molecule has 1 aliphatic heterocycles. The Morgan fingerprint density at radius 1 is 1.00 bits per heavy atom. The molecule has 3 nitrogen and oxygen atoms in total. The molecule has 2 aromatic heterocycles. The number of rotatable bonds is 2. The highest BCUT2D eigenvalue weighted by atomic mass is 32.2. The Labute approximate surface area is 132 Å². The van der Waals surface area contributed by atoms with Crippen molar-refractivity contribution in [2.24, 2.45) is 4.99 Å². The third-order valence-corrected chi connectivity index (χ3v) is 4.33. The van der Waals surface area contributed by atoms with Crippen LogP contribution in [0.3, 0.4) is 0 Å². The van der Waals surface area contributed by atoms with Gasteiger partial charge in [0.25, 0.3) is 0 Å². The first kappa shape index (κ1) is 13.2. The molecule has 0 fully saturated rings. The van der Waals surface area contributed by atoms with Crippen LogP contribution in [0.15, 0.2) is 65.7 Å². The van der Waals surface area contributed by atoms with Gasteiger partial charge in [0.05, 0.1) is 16.8 Å². The van der Waals surface area contributed by atoms with E-state index in [1.165, 1.54) is 5.56 Å². The number of pyridine rings is 2. The number of hydrogen-bond donors (Lipinski definition) is 0. The maximum absolute atomic E-state index is 4.47. The summed E-state index contributed by atoms with van der Waals surface area (Å²) >= 11 is 1.73. The van der Waals surface area contributed by atoms with Gasteiger partial charge in [-0.25, -0.2) is 0 Å². The van der Waals surface area contributed by atoms with Gasteiger partial charge in [0.1, 0.15) is 0 Å². The fourth-order valence-electron chi connectivity index (χ4n) is 2.57. The molecular weight excluding hydrogens is 290 g/mol.